The Bertz CT molecular complexity index is 1080. The third-order valence-electron chi connectivity index (χ3n) is 4.12. The minimum atomic E-state index is 0.659. The van der Waals surface area contributed by atoms with Gasteiger partial charge in [0.05, 0.1) is 12.8 Å². The van der Waals surface area contributed by atoms with Gasteiger partial charge in [-0.3, -0.25) is 9.55 Å². The van der Waals surface area contributed by atoms with Crippen molar-refractivity contribution < 1.29 is 4.74 Å². The van der Waals surface area contributed by atoms with Crippen molar-refractivity contribution in [2.24, 2.45) is 0 Å². The summed E-state index contributed by atoms with van der Waals surface area (Å²) >= 11 is 7.84. The lowest BCUT2D eigenvalue weighted by atomic mass is 10.2. The Kier molecular flexibility index (Phi) is 5.60. The van der Waals surface area contributed by atoms with Crippen LogP contribution in [-0.4, -0.2) is 26.9 Å². The molecule has 0 spiro atoms. The van der Waals surface area contributed by atoms with Gasteiger partial charge in [-0.05, 0) is 48.0 Å². The second-order valence-electron chi connectivity index (χ2n) is 6.00. The molecular formula is C21H17ClN4OS. The molecule has 0 amide bonds. The van der Waals surface area contributed by atoms with Gasteiger partial charge in [-0.2, -0.15) is 0 Å². The van der Waals surface area contributed by atoms with Crippen LogP contribution in [0.2, 0.25) is 5.02 Å². The molecule has 2 heterocycles. The van der Waals surface area contributed by atoms with Crippen LogP contribution in [0.4, 0.5) is 0 Å². The zero-order chi connectivity index (χ0) is 19.3. The van der Waals surface area contributed by atoms with E-state index in [2.05, 4.69) is 21.2 Å². The predicted molar refractivity (Wildman–Crippen MR) is 112 cm³/mol. The first kappa shape index (κ1) is 18.5. The minimum absolute atomic E-state index is 0.659. The maximum absolute atomic E-state index is 6.23. The number of benzene rings is 2. The third-order valence-corrected chi connectivity index (χ3v) is 5.36. The largest absolute Gasteiger partial charge is 0.497 e. The number of hydrogen-bond acceptors (Lipinski definition) is 5. The smallest absolute Gasteiger partial charge is 0.196 e. The molecule has 4 aromatic rings. The van der Waals surface area contributed by atoms with E-state index >= 15 is 0 Å². The first-order chi connectivity index (χ1) is 13.7. The quantitative estimate of drug-likeness (QED) is 0.406. The van der Waals surface area contributed by atoms with Gasteiger partial charge in [-0.1, -0.05) is 41.6 Å². The van der Waals surface area contributed by atoms with Gasteiger partial charge in [0.1, 0.15) is 5.75 Å². The summed E-state index contributed by atoms with van der Waals surface area (Å²) in [6.45, 7) is 0. The molecule has 2 aromatic heterocycles. The average molecular weight is 409 g/mol. The number of hydrogen-bond donors (Lipinski definition) is 0. The molecule has 0 unspecified atom stereocenters. The van der Waals surface area contributed by atoms with Crippen LogP contribution in [0.1, 0.15) is 5.56 Å². The van der Waals surface area contributed by atoms with E-state index in [0.29, 0.717) is 5.02 Å². The zero-order valence-electron chi connectivity index (χ0n) is 15.1. The predicted octanol–water partition coefficient (Wildman–Crippen LogP) is 5.28. The van der Waals surface area contributed by atoms with E-state index in [1.54, 1.807) is 31.3 Å². The van der Waals surface area contributed by atoms with Gasteiger partial charge < -0.3 is 4.74 Å². The molecular weight excluding hydrogens is 392 g/mol. The van der Waals surface area contributed by atoms with E-state index in [9.17, 15) is 0 Å². The molecule has 28 heavy (non-hydrogen) atoms. The van der Waals surface area contributed by atoms with E-state index in [0.717, 1.165) is 39.3 Å². The summed E-state index contributed by atoms with van der Waals surface area (Å²) in [5, 5.41) is 10.3. The summed E-state index contributed by atoms with van der Waals surface area (Å²) in [7, 11) is 1.67. The van der Waals surface area contributed by atoms with Crippen LogP contribution < -0.4 is 4.74 Å². The van der Waals surface area contributed by atoms with Crippen molar-refractivity contribution >= 4 is 23.4 Å². The van der Waals surface area contributed by atoms with Crippen molar-refractivity contribution in [3.63, 3.8) is 0 Å². The highest BCUT2D eigenvalue weighted by Gasteiger charge is 2.16. The van der Waals surface area contributed by atoms with Gasteiger partial charge in [0.15, 0.2) is 11.0 Å². The van der Waals surface area contributed by atoms with Gasteiger partial charge >= 0.3 is 0 Å². The van der Waals surface area contributed by atoms with Crippen LogP contribution in [0.25, 0.3) is 17.1 Å². The van der Waals surface area contributed by atoms with Crippen LogP contribution in [0.3, 0.4) is 0 Å². The molecule has 0 aliphatic carbocycles. The fourth-order valence-electron chi connectivity index (χ4n) is 2.80. The molecule has 140 valence electrons. The molecule has 0 aliphatic heterocycles. The van der Waals surface area contributed by atoms with Crippen LogP contribution in [0, 0.1) is 0 Å². The second-order valence-corrected chi connectivity index (χ2v) is 7.38. The Labute approximate surface area is 172 Å². The first-order valence-electron chi connectivity index (χ1n) is 8.62. The average Bonchev–Trinajstić information content (AvgIpc) is 3.17. The van der Waals surface area contributed by atoms with E-state index < -0.39 is 0 Å². The molecule has 0 saturated heterocycles. The standard InChI is InChI=1S/C21H17ClN4OS/c1-27-19-9-2-5-15(11-19)14-28-21-25-24-20(16-6-4-10-23-13-16)26(21)18-8-3-7-17(22)12-18/h2-13H,14H2,1H3. The third kappa shape index (κ3) is 4.03. The molecule has 0 radical (unpaired) electrons. The molecule has 0 fully saturated rings. The number of aromatic nitrogens is 4. The number of pyridine rings is 1. The molecule has 0 atom stereocenters. The minimum Gasteiger partial charge on any atom is -0.497 e. The van der Waals surface area contributed by atoms with Crippen molar-refractivity contribution in [3.05, 3.63) is 83.6 Å². The molecule has 0 saturated carbocycles. The monoisotopic (exact) mass is 408 g/mol. The zero-order valence-corrected chi connectivity index (χ0v) is 16.7. The molecule has 5 nitrogen and oxygen atoms in total. The summed E-state index contributed by atoms with van der Waals surface area (Å²) in [4.78, 5) is 4.21. The summed E-state index contributed by atoms with van der Waals surface area (Å²) in [5.74, 6) is 2.30. The highest BCUT2D eigenvalue weighted by Crippen LogP contribution is 2.30. The lowest BCUT2D eigenvalue weighted by Gasteiger charge is -2.11. The molecule has 0 aliphatic rings. The second kappa shape index (κ2) is 8.46. The number of thioether (sulfide) groups is 1. The molecule has 0 bridgehead atoms. The molecule has 4 rings (SSSR count). The van der Waals surface area contributed by atoms with E-state index in [-0.39, 0.29) is 0 Å². The fraction of sp³-hybridized carbons (Fsp3) is 0.0952. The van der Waals surface area contributed by atoms with Crippen molar-refractivity contribution in [3.8, 4) is 22.8 Å². The van der Waals surface area contributed by atoms with Gasteiger partial charge in [0.2, 0.25) is 0 Å². The topological polar surface area (TPSA) is 52.8 Å². The molecule has 0 N–H and O–H groups in total. The Hall–Kier alpha value is -2.83. The van der Waals surface area contributed by atoms with Crippen molar-refractivity contribution in [2.75, 3.05) is 7.11 Å². The van der Waals surface area contributed by atoms with Crippen LogP contribution in [-0.2, 0) is 5.75 Å². The Balaban J connectivity index is 1.72. The maximum atomic E-state index is 6.23. The van der Waals surface area contributed by atoms with Crippen molar-refractivity contribution in [2.45, 2.75) is 10.9 Å². The molecule has 7 heteroatoms. The normalized spacial score (nSPS) is 10.8. The summed E-state index contributed by atoms with van der Waals surface area (Å²) in [5.41, 5.74) is 2.95. The van der Waals surface area contributed by atoms with E-state index in [1.165, 1.54) is 0 Å². The van der Waals surface area contributed by atoms with Gasteiger partial charge in [0.25, 0.3) is 0 Å². The number of nitrogens with zero attached hydrogens (tertiary/aromatic N) is 4. The van der Waals surface area contributed by atoms with Gasteiger partial charge in [0, 0.05) is 28.7 Å². The van der Waals surface area contributed by atoms with Crippen molar-refractivity contribution in [1.82, 2.24) is 19.7 Å². The highest BCUT2D eigenvalue weighted by molar-refractivity contribution is 7.98. The van der Waals surface area contributed by atoms with Crippen LogP contribution in [0.5, 0.6) is 5.75 Å². The number of ether oxygens (including phenoxy) is 1. The van der Waals surface area contributed by atoms with Gasteiger partial charge in [-0.15, -0.1) is 10.2 Å². The summed E-state index contributed by atoms with van der Waals surface area (Å²) in [6, 6.07) is 19.5. The lowest BCUT2D eigenvalue weighted by molar-refractivity contribution is 0.414. The summed E-state index contributed by atoms with van der Waals surface area (Å²) < 4.78 is 7.32. The SMILES string of the molecule is COc1cccc(CSc2nnc(-c3cccnc3)n2-c2cccc(Cl)c2)c1. The van der Waals surface area contributed by atoms with E-state index in [1.807, 2.05) is 59.2 Å². The highest BCUT2D eigenvalue weighted by atomic mass is 35.5. The van der Waals surface area contributed by atoms with Crippen molar-refractivity contribution in [1.29, 1.82) is 0 Å². The van der Waals surface area contributed by atoms with Crippen LogP contribution >= 0.6 is 23.4 Å². The number of halogens is 1. The number of rotatable bonds is 6. The van der Waals surface area contributed by atoms with Gasteiger partial charge in [-0.25, -0.2) is 0 Å². The summed E-state index contributed by atoms with van der Waals surface area (Å²) in [6.07, 6.45) is 3.52. The van der Waals surface area contributed by atoms with E-state index in [4.69, 9.17) is 16.3 Å². The first-order valence-corrected chi connectivity index (χ1v) is 9.98. The van der Waals surface area contributed by atoms with Crippen LogP contribution in [0.15, 0.2) is 78.2 Å². The maximum Gasteiger partial charge on any atom is 0.196 e. The fourth-order valence-corrected chi connectivity index (χ4v) is 3.88. The Morgan fingerprint density at radius 1 is 1.04 bits per heavy atom. The Morgan fingerprint density at radius 3 is 2.71 bits per heavy atom. The number of methoxy groups -OCH3 is 1. The molecule has 2 aromatic carbocycles. The lowest BCUT2D eigenvalue weighted by Crippen LogP contribution is -2.00. The Morgan fingerprint density at radius 2 is 1.93 bits per heavy atom.